The van der Waals surface area contributed by atoms with Gasteiger partial charge in [-0.2, -0.15) is 0 Å². The number of benzene rings is 2. The van der Waals surface area contributed by atoms with Crippen molar-refractivity contribution in [3.63, 3.8) is 0 Å². The maximum Gasteiger partial charge on any atom is 0.224 e. The van der Waals surface area contributed by atoms with Gasteiger partial charge in [0.15, 0.2) is 0 Å². The summed E-state index contributed by atoms with van der Waals surface area (Å²) in [6.45, 7) is 2.45. The quantitative estimate of drug-likeness (QED) is 0.697. The average Bonchev–Trinajstić information content (AvgIpc) is 2.47. The van der Waals surface area contributed by atoms with Crippen LogP contribution < -0.4 is 10.1 Å². The fourth-order valence-corrected chi connectivity index (χ4v) is 2.57. The van der Waals surface area contributed by atoms with Crippen molar-refractivity contribution in [2.75, 3.05) is 11.9 Å². The highest BCUT2D eigenvalue weighted by Crippen LogP contribution is 2.23. The van der Waals surface area contributed by atoms with Gasteiger partial charge in [0.1, 0.15) is 5.75 Å². The van der Waals surface area contributed by atoms with E-state index in [9.17, 15) is 4.79 Å². The summed E-state index contributed by atoms with van der Waals surface area (Å²) in [6, 6.07) is 13.2. The Hall–Kier alpha value is -1.52. The highest BCUT2D eigenvalue weighted by atomic mass is 79.9. The van der Waals surface area contributed by atoms with Gasteiger partial charge in [-0.1, -0.05) is 39.7 Å². The minimum absolute atomic E-state index is 0.0661. The molecule has 22 heavy (non-hydrogen) atoms. The molecule has 0 heterocycles. The zero-order valence-electron chi connectivity index (χ0n) is 12.2. The lowest BCUT2D eigenvalue weighted by Crippen LogP contribution is -2.13. The van der Waals surface area contributed by atoms with Crippen LogP contribution in [0.15, 0.2) is 46.9 Å². The van der Waals surface area contributed by atoms with Gasteiger partial charge < -0.3 is 10.1 Å². The van der Waals surface area contributed by atoms with Gasteiger partial charge in [-0.15, -0.1) is 0 Å². The SMILES string of the molecule is Cc1ccc(NC(=O)CCCOc2cccc(Br)c2)c(Cl)c1. The summed E-state index contributed by atoms with van der Waals surface area (Å²) >= 11 is 9.47. The molecule has 116 valence electrons. The molecule has 0 aliphatic heterocycles. The third-order valence-electron chi connectivity index (χ3n) is 3.01. The molecule has 0 aliphatic carbocycles. The van der Waals surface area contributed by atoms with E-state index in [0.29, 0.717) is 30.2 Å². The number of amides is 1. The molecule has 1 amide bonds. The Balaban J connectivity index is 1.74. The Kier molecular flexibility index (Phi) is 6.28. The van der Waals surface area contributed by atoms with E-state index in [2.05, 4.69) is 21.2 Å². The number of ether oxygens (including phenoxy) is 1. The molecule has 0 fully saturated rings. The molecule has 5 heteroatoms. The molecule has 0 atom stereocenters. The summed E-state index contributed by atoms with van der Waals surface area (Å²) < 4.78 is 6.56. The molecule has 0 saturated heterocycles. The lowest BCUT2D eigenvalue weighted by molar-refractivity contribution is -0.116. The van der Waals surface area contributed by atoms with E-state index in [1.165, 1.54) is 0 Å². The predicted molar refractivity (Wildman–Crippen MR) is 93.7 cm³/mol. The van der Waals surface area contributed by atoms with Crippen LogP contribution in [-0.2, 0) is 4.79 Å². The van der Waals surface area contributed by atoms with Gasteiger partial charge in [0.05, 0.1) is 17.3 Å². The number of rotatable bonds is 6. The summed E-state index contributed by atoms with van der Waals surface area (Å²) in [4.78, 5) is 11.9. The summed E-state index contributed by atoms with van der Waals surface area (Å²) in [7, 11) is 0. The van der Waals surface area contributed by atoms with Crippen LogP contribution in [0.2, 0.25) is 5.02 Å². The number of nitrogens with one attached hydrogen (secondary N) is 1. The van der Waals surface area contributed by atoms with Crippen molar-refractivity contribution in [2.45, 2.75) is 19.8 Å². The van der Waals surface area contributed by atoms with Crippen molar-refractivity contribution in [1.82, 2.24) is 0 Å². The maximum absolute atomic E-state index is 11.9. The molecule has 2 aromatic carbocycles. The molecule has 0 aromatic heterocycles. The summed E-state index contributed by atoms with van der Waals surface area (Å²) in [5.41, 5.74) is 1.70. The van der Waals surface area contributed by atoms with Crippen LogP contribution in [0.25, 0.3) is 0 Å². The fraction of sp³-hybridized carbons (Fsp3) is 0.235. The van der Waals surface area contributed by atoms with Gasteiger partial charge in [0, 0.05) is 10.9 Å². The average molecular weight is 383 g/mol. The highest BCUT2D eigenvalue weighted by molar-refractivity contribution is 9.10. The molecule has 0 bridgehead atoms. The molecule has 1 N–H and O–H groups in total. The van der Waals surface area contributed by atoms with Crippen molar-refractivity contribution >= 4 is 39.1 Å². The second-order valence-electron chi connectivity index (χ2n) is 4.94. The standard InChI is InChI=1S/C17H17BrClNO2/c1-12-7-8-16(15(19)10-12)20-17(21)6-3-9-22-14-5-2-4-13(18)11-14/h2,4-5,7-8,10-11H,3,6,9H2,1H3,(H,20,21). The van der Waals surface area contributed by atoms with E-state index in [1.807, 2.05) is 49.4 Å². The zero-order valence-corrected chi connectivity index (χ0v) is 14.6. The van der Waals surface area contributed by atoms with E-state index in [-0.39, 0.29) is 5.91 Å². The van der Waals surface area contributed by atoms with Gasteiger partial charge >= 0.3 is 0 Å². The normalized spacial score (nSPS) is 10.3. The first-order chi connectivity index (χ1) is 10.5. The minimum Gasteiger partial charge on any atom is -0.494 e. The third kappa shape index (κ3) is 5.35. The Labute approximate surface area is 143 Å². The maximum atomic E-state index is 11.9. The molecule has 3 nitrogen and oxygen atoms in total. The van der Waals surface area contributed by atoms with Crippen LogP contribution in [0.1, 0.15) is 18.4 Å². The smallest absolute Gasteiger partial charge is 0.224 e. The molecule has 2 rings (SSSR count). The summed E-state index contributed by atoms with van der Waals surface area (Å²) in [5, 5.41) is 3.37. The lowest BCUT2D eigenvalue weighted by atomic mass is 10.2. The first-order valence-corrected chi connectivity index (χ1v) is 8.16. The molecule has 0 unspecified atom stereocenters. The fourth-order valence-electron chi connectivity index (χ4n) is 1.91. The number of hydrogen-bond donors (Lipinski definition) is 1. The van der Waals surface area contributed by atoms with Crippen molar-refractivity contribution in [3.05, 3.63) is 57.5 Å². The third-order valence-corrected chi connectivity index (χ3v) is 3.82. The van der Waals surface area contributed by atoms with Crippen molar-refractivity contribution < 1.29 is 9.53 Å². The molecule has 0 saturated carbocycles. The monoisotopic (exact) mass is 381 g/mol. The largest absolute Gasteiger partial charge is 0.494 e. The molecule has 2 aromatic rings. The number of carbonyl (C=O) groups is 1. The topological polar surface area (TPSA) is 38.3 Å². The van der Waals surface area contributed by atoms with Crippen LogP contribution in [0, 0.1) is 6.92 Å². The molecule has 0 aliphatic rings. The van der Waals surface area contributed by atoms with E-state index in [0.717, 1.165) is 15.8 Å². The Morgan fingerprint density at radius 3 is 2.82 bits per heavy atom. The second kappa shape index (κ2) is 8.20. The van der Waals surface area contributed by atoms with E-state index in [1.54, 1.807) is 0 Å². The summed E-state index contributed by atoms with van der Waals surface area (Å²) in [6.07, 6.45) is 1.03. The van der Waals surface area contributed by atoms with Crippen LogP contribution in [0.5, 0.6) is 5.75 Å². The van der Waals surface area contributed by atoms with Gasteiger partial charge in [0.2, 0.25) is 5.91 Å². The Morgan fingerprint density at radius 1 is 1.27 bits per heavy atom. The van der Waals surface area contributed by atoms with E-state index < -0.39 is 0 Å². The van der Waals surface area contributed by atoms with Crippen LogP contribution in [-0.4, -0.2) is 12.5 Å². The lowest BCUT2D eigenvalue weighted by Gasteiger charge is -2.09. The Bertz CT molecular complexity index is 661. The highest BCUT2D eigenvalue weighted by Gasteiger charge is 2.06. The van der Waals surface area contributed by atoms with Gasteiger partial charge in [-0.3, -0.25) is 4.79 Å². The number of anilines is 1. The number of aryl methyl sites for hydroxylation is 1. The van der Waals surface area contributed by atoms with E-state index in [4.69, 9.17) is 16.3 Å². The molecular weight excluding hydrogens is 366 g/mol. The van der Waals surface area contributed by atoms with Crippen molar-refractivity contribution in [3.8, 4) is 5.75 Å². The minimum atomic E-state index is -0.0661. The number of halogens is 2. The van der Waals surface area contributed by atoms with Gasteiger partial charge in [-0.05, 0) is 49.2 Å². The van der Waals surface area contributed by atoms with Crippen LogP contribution >= 0.6 is 27.5 Å². The predicted octanol–water partition coefficient (Wildman–Crippen LogP) is 5.21. The van der Waals surface area contributed by atoms with Crippen LogP contribution in [0.3, 0.4) is 0 Å². The number of carbonyl (C=O) groups excluding carboxylic acids is 1. The Morgan fingerprint density at radius 2 is 2.09 bits per heavy atom. The second-order valence-corrected chi connectivity index (χ2v) is 6.26. The van der Waals surface area contributed by atoms with Gasteiger partial charge in [0.25, 0.3) is 0 Å². The van der Waals surface area contributed by atoms with Crippen molar-refractivity contribution in [1.29, 1.82) is 0 Å². The zero-order chi connectivity index (χ0) is 15.9. The molecule has 0 spiro atoms. The first kappa shape index (κ1) is 16.8. The van der Waals surface area contributed by atoms with Gasteiger partial charge in [-0.25, -0.2) is 0 Å². The van der Waals surface area contributed by atoms with Crippen LogP contribution in [0.4, 0.5) is 5.69 Å². The van der Waals surface area contributed by atoms with E-state index >= 15 is 0 Å². The first-order valence-electron chi connectivity index (χ1n) is 6.99. The number of hydrogen-bond acceptors (Lipinski definition) is 2. The molecule has 0 radical (unpaired) electrons. The molecular formula is C17H17BrClNO2. The van der Waals surface area contributed by atoms with Crippen molar-refractivity contribution in [2.24, 2.45) is 0 Å². The summed E-state index contributed by atoms with van der Waals surface area (Å²) in [5.74, 6) is 0.722.